The minimum Gasteiger partial charge on any atom is -0.469 e. The first-order valence-corrected chi connectivity index (χ1v) is 8.44. The number of nitrogens with zero attached hydrogens (tertiary/aromatic N) is 4. The minimum atomic E-state index is 0.0312. The number of hydrogen-bond acceptors (Lipinski definition) is 5. The molecule has 0 unspecified atom stereocenters. The highest BCUT2D eigenvalue weighted by atomic mass is 32.2. The van der Waals surface area contributed by atoms with Crippen molar-refractivity contribution in [2.45, 2.75) is 12.1 Å². The summed E-state index contributed by atoms with van der Waals surface area (Å²) in [6.45, 7) is 1.89. The average molecular weight is 342 g/mol. The zero-order valence-electron chi connectivity index (χ0n) is 13.8. The quantitative estimate of drug-likeness (QED) is 0.667. The highest BCUT2D eigenvalue weighted by Gasteiger charge is 2.19. The second-order valence-electron chi connectivity index (χ2n) is 5.44. The first-order chi connectivity index (χ1) is 11.6. The summed E-state index contributed by atoms with van der Waals surface area (Å²) in [5, 5.41) is 9.28. The van der Waals surface area contributed by atoms with E-state index in [4.69, 9.17) is 4.42 Å². The van der Waals surface area contributed by atoms with E-state index in [1.54, 1.807) is 25.3 Å². The first-order valence-electron chi connectivity index (χ1n) is 7.46. The molecule has 24 heavy (non-hydrogen) atoms. The van der Waals surface area contributed by atoms with Crippen molar-refractivity contribution in [2.24, 2.45) is 0 Å². The van der Waals surface area contributed by atoms with Crippen molar-refractivity contribution >= 4 is 17.7 Å². The number of thioether (sulfide) groups is 1. The SMILES string of the molecule is Cc1occc1-c1nnc(SCC(=O)N(C)C)n1-c1ccccc1. The summed E-state index contributed by atoms with van der Waals surface area (Å²) in [5.74, 6) is 1.82. The third kappa shape index (κ3) is 3.21. The van der Waals surface area contributed by atoms with E-state index >= 15 is 0 Å². The molecule has 0 aliphatic carbocycles. The molecule has 3 rings (SSSR count). The lowest BCUT2D eigenvalue weighted by molar-refractivity contribution is -0.125. The number of para-hydroxylation sites is 1. The maximum absolute atomic E-state index is 11.9. The molecular formula is C17H18N4O2S. The van der Waals surface area contributed by atoms with Crippen LogP contribution in [0.2, 0.25) is 0 Å². The van der Waals surface area contributed by atoms with E-state index in [1.165, 1.54) is 11.8 Å². The third-order valence-electron chi connectivity index (χ3n) is 3.57. The van der Waals surface area contributed by atoms with Crippen LogP contribution in [0.4, 0.5) is 0 Å². The van der Waals surface area contributed by atoms with Crippen molar-refractivity contribution in [1.29, 1.82) is 0 Å². The molecular weight excluding hydrogens is 324 g/mol. The maximum Gasteiger partial charge on any atom is 0.232 e. The fourth-order valence-corrected chi connectivity index (χ4v) is 3.15. The molecule has 1 aromatic carbocycles. The Hall–Kier alpha value is -2.54. The second kappa shape index (κ2) is 6.92. The number of amides is 1. The molecule has 0 bridgehead atoms. The molecule has 0 atom stereocenters. The number of benzene rings is 1. The summed E-state index contributed by atoms with van der Waals surface area (Å²) < 4.78 is 7.35. The summed E-state index contributed by atoms with van der Waals surface area (Å²) in [5.41, 5.74) is 1.83. The number of furan rings is 1. The Labute approximate surface area is 144 Å². The molecule has 6 nitrogen and oxygen atoms in total. The molecule has 2 heterocycles. The van der Waals surface area contributed by atoms with Crippen molar-refractivity contribution in [3.63, 3.8) is 0 Å². The van der Waals surface area contributed by atoms with Gasteiger partial charge in [-0.25, -0.2) is 0 Å². The van der Waals surface area contributed by atoms with E-state index in [0.29, 0.717) is 16.7 Å². The molecule has 0 saturated carbocycles. The van der Waals surface area contributed by atoms with Gasteiger partial charge >= 0.3 is 0 Å². The Bertz CT molecular complexity index is 839. The van der Waals surface area contributed by atoms with Crippen LogP contribution >= 0.6 is 11.8 Å². The molecule has 0 aliphatic rings. The van der Waals surface area contributed by atoms with Crippen molar-refractivity contribution in [3.8, 4) is 17.1 Å². The number of rotatable bonds is 5. The van der Waals surface area contributed by atoms with Crippen molar-refractivity contribution in [3.05, 3.63) is 48.4 Å². The van der Waals surface area contributed by atoms with Crippen LogP contribution in [0.1, 0.15) is 5.76 Å². The summed E-state index contributed by atoms with van der Waals surface area (Å²) >= 11 is 1.37. The molecule has 7 heteroatoms. The number of carbonyl (C=O) groups excluding carboxylic acids is 1. The van der Waals surface area contributed by atoms with Crippen molar-refractivity contribution < 1.29 is 9.21 Å². The molecule has 0 radical (unpaired) electrons. The Morgan fingerprint density at radius 3 is 2.58 bits per heavy atom. The monoisotopic (exact) mass is 342 g/mol. The van der Waals surface area contributed by atoms with Gasteiger partial charge in [0.05, 0.1) is 17.6 Å². The highest BCUT2D eigenvalue weighted by Crippen LogP contribution is 2.30. The van der Waals surface area contributed by atoms with E-state index in [0.717, 1.165) is 17.0 Å². The van der Waals surface area contributed by atoms with Crippen LogP contribution in [0.25, 0.3) is 17.1 Å². The summed E-state index contributed by atoms with van der Waals surface area (Å²) in [6, 6.07) is 11.7. The third-order valence-corrected chi connectivity index (χ3v) is 4.48. The predicted octanol–water partition coefficient (Wildman–Crippen LogP) is 3.02. The van der Waals surface area contributed by atoms with Crippen LogP contribution in [-0.2, 0) is 4.79 Å². The van der Waals surface area contributed by atoms with Gasteiger partial charge < -0.3 is 9.32 Å². The van der Waals surface area contributed by atoms with E-state index in [1.807, 2.05) is 47.9 Å². The zero-order chi connectivity index (χ0) is 17.1. The van der Waals surface area contributed by atoms with Gasteiger partial charge in [0, 0.05) is 19.8 Å². The van der Waals surface area contributed by atoms with E-state index in [2.05, 4.69) is 10.2 Å². The van der Waals surface area contributed by atoms with Gasteiger partial charge in [0.2, 0.25) is 5.91 Å². The predicted molar refractivity (Wildman–Crippen MR) is 93.2 cm³/mol. The topological polar surface area (TPSA) is 64.2 Å². The molecule has 0 fully saturated rings. The first kappa shape index (κ1) is 16.3. The zero-order valence-corrected chi connectivity index (χ0v) is 14.6. The minimum absolute atomic E-state index is 0.0312. The Balaban J connectivity index is 2.02. The molecule has 1 amide bonds. The number of aromatic nitrogens is 3. The summed E-state index contributed by atoms with van der Waals surface area (Å²) in [6.07, 6.45) is 1.64. The fourth-order valence-electron chi connectivity index (χ4n) is 2.22. The van der Waals surface area contributed by atoms with Crippen LogP contribution in [0, 0.1) is 6.92 Å². The van der Waals surface area contributed by atoms with E-state index in [9.17, 15) is 4.79 Å². The maximum atomic E-state index is 11.9. The van der Waals surface area contributed by atoms with Gasteiger partial charge in [-0.1, -0.05) is 30.0 Å². The molecule has 124 valence electrons. The summed E-state index contributed by atoms with van der Waals surface area (Å²) in [4.78, 5) is 13.5. The number of carbonyl (C=O) groups is 1. The second-order valence-corrected chi connectivity index (χ2v) is 6.39. The molecule has 0 saturated heterocycles. The van der Waals surface area contributed by atoms with Gasteiger partial charge in [0.25, 0.3) is 0 Å². The summed E-state index contributed by atoms with van der Waals surface area (Å²) in [7, 11) is 3.48. The van der Waals surface area contributed by atoms with Crippen LogP contribution in [-0.4, -0.2) is 45.4 Å². The average Bonchev–Trinajstić information content (AvgIpc) is 3.18. The van der Waals surface area contributed by atoms with Crippen molar-refractivity contribution in [1.82, 2.24) is 19.7 Å². The van der Waals surface area contributed by atoms with E-state index in [-0.39, 0.29) is 5.91 Å². The standard InChI is InChI=1S/C17H18N4O2S/c1-12-14(9-10-23-12)16-18-19-17(24-11-15(22)20(2)3)21(16)13-7-5-4-6-8-13/h4-10H,11H2,1-3H3. The van der Waals surface area contributed by atoms with Crippen LogP contribution in [0.15, 0.2) is 52.2 Å². The molecule has 2 aromatic heterocycles. The fraction of sp³-hybridized carbons (Fsp3) is 0.235. The Morgan fingerprint density at radius 1 is 1.21 bits per heavy atom. The van der Waals surface area contributed by atoms with Gasteiger partial charge in [0.1, 0.15) is 5.76 Å². The lowest BCUT2D eigenvalue weighted by Gasteiger charge is -2.11. The molecule has 0 spiro atoms. The Morgan fingerprint density at radius 2 is 1.96 bits per heavy atom. The van der Waals surface area contributed by atoms with Crippen molar-refractivity contribution in [2.75, 3.05) is 19.8 Å². The highest BCUT2D eigenvalue weighted by molar-refractivity contribution is 7.99. The number of aryl methyl sites for hydroxylation is 1. The van der Waals surface area contributed by atoms with Gasteiger partial charge in [-0.3, -0.25) is 9.36 Å². The van der Waals surface area contributed by atoms with Gasteiger partial charge in [0.15, 0.2) is 11.0 Å². The lowest BCUT2D eigenvalue weighted by atomic mass is 10.2. The smallest absolute Gasteiger partial charge is 0.232 e. The van der Waals surface area contributed by atoms with Gasteiger partial charge in [-0.15, -0.1) is 10.2 Å². The van der Waals surface area contributed by atoms with Crippen LogP contribution < -0.4 is 0 Å². The lowest BCUT2D eigenvalue weighted by Crippen LogP contribution is -2.23. The molecule has 0 aliphatic heterocycles. The molecule has 0 N–H and O–H groups in total. The van der Waals surface area contributed by atoms with Crippen LogP contribution in [0.5, 0.6) is 0 Å². The van der Waals surface area contributed by atoms with E-state index < -0.39 is 0 Å². The molecule has 3 aromatic rings. The number of hydrogen-bond donors (Lipinski definition) is 0. The Kier molecular flexibility index (Phi) is 4.71. The largest absolute Gasteiger partial charge is 0.469 e. The van der Waals surface area contributed by atoms with Gasteiger partial charge in [-0.2, -0.15) is 0 Å². The van der Waals surface area contributed by atoms with Crippen LogP contribution in [0.3, 0.4) is 0 Å². The normalized spacial score (nSPS) is 10.8. The van der Waals surface area contributed by atoms with Gasteiger partial charge in [-0.05, 0) is 25.1 Å².